The van der Waals surface area contributed by atoms with Gasteiger partial charge in [-0.15, -0.1) is 0 Å². The Bertz CT molecular complexity index is 91.8. The molecule has 0 aromatic heterocycles. The van der Waals surface area contributed by atoms with Gasteiger partial charge in [-0.05, 0) is 12.3 Å². The van der Waals surface area contributed by atoms with Gasteiger partial charge < -0.3 is 11.5 Å². The van der Waals surface area contributed by atoms with Gasteiger partial charge in [-0.2, -0.15) is 0 Å². The van der Waals surface area contributed by atoms with E-state index in [0.29, 0.717) is 6.54 Å². The molecule has 2 nitrogen and oxygen atoms in total. The Kier molecular flexibility index (Phi) is 7.51. The van der Waals surface area contributed by atoms with E-state index in [1.54, 1.807) is 0 Å². The molecular weight excluding hydrogens is 148 g/mol. The van der Waals surface area contributed by atoms with Gasteiger partial charge in [-0.3, -0.25) is 0 Å². The van der Waals surface area contributed by atoms with E-state index in [1.165, 1.54) is 25.7 Å². The van der Waals surface area contributed by atoms with E-state index >= 15 is 0 Å². The lowest BCUT2D eigenvalue weighted by molar-refractivity contribution is 0.500. The van der Waals surface area contributed by atoms with Crippen molar-refractivity contribution in [3.8, 4) is 0 Å². The monoisotopic (exact) mass is 172 g/mol. The summed E-state index contributed by atoms with van der Waals surface area (Å²) in [7, 11) is 0. The summed E-state index contributed by atoms with van der Waals surface area (Å²) >= 11 is 0. The molecule has 0 spiro atoms. The van der Waals surface area contributed by atoms with Gasteiger partial charge in [-0.25, -0.2) is 0 Å². The molecule has 0 aliphatic carbocycles. The predicted octanol–water partition coefficient (Wildman–Crippen LogP) is 1.88. The van der Waals surface area contributed by atoms with Crippen molar-refractivity contribution >= 4 is 0 Å². The van der Waals surface area contributed by atoms with E-state index in [-0.39, 0.29) is 6.04 Å². The first-order valence-electron chi connectivity index (χ1n) is 5.12. The largest absolute Gasteiger partial charge is 0.329 e. The molecule has 1 atom stereocenters. The van der Waals surface area contributed by atoms with Crippen LogP contribution in [0.1, 0.15) is 46.0 Å². The standard InChI is InChI=1S/C10H24N2/c1-9(2)6-4-3-5-7-10(12)8-11/h9-10H,3-8,11-12H2,1-2H3. The van der Waals surface area contributed by atoms with Crippen molar-refractivity contribution in [2.24, 2.45) is 17.4 Å². The molecule has 0 aromatic carbocycles. The lowest BCUT2D eigenvalue weighted by atomic mass is 10.0. The fourth-order valence-electron chi connectivity index (χ4n) is 1.25. The Morgan fingerprint density at radius 1 is 1.00 bits per heavy atom. The molecule has 4 N–H and O–H groups in total. The molecule has 0 aliphatic heterocycles. The molecule has 0 fully saturated rings. The lowest BCUT2D eigenvalue weighted by Gasteiger charge is -2.08. The second kappa shape index (κ2) is 7.56. The Balaban J connectivity index is 3.00. The molecule has 1 unspecified atom stereocenters. The fraction of sp³-hybridized carbons (Fsp3) is 1.00. The fourth-order valence-corrected chi connectivity index (χ4v) is 1.25. The van der Waals surface area contributed by atoms with Crippen LogP contribution in [0.4, 0.5) is 0 Å². The number of rotatable bonds is 7. The normalized spacial score (nSPS) is 13.8. The van der Waals surface area contributed by atoms with Crippen LogP contribution in [-0.2, 0) is 0 Å². The van der Waals surface area contributed by atoms with Crippen LogP contribution >= 0.6 is 0 Å². The second-order valence-electron chi connectivity index (χ2n) is 4.03. The summed E-state index contributed by atoms with van der Waals surface area (Å²) in [6.07, 6.45) is 6.33. The van der Waals surface area contributed by atoms with Crippen LogP contribution in [0.5, 0.6) is 0 Å². The first-order valence-corrected chi connectivity index (χ1v) is 5.12. The van der Waals surface area contributed by atoms with Gasteiger partial charge in [0, 0.05) is 12.6 Å². The van der Waals surface area contributed by atoms with Gasteiger partial charge >= 0.3 is 0 Å². The first-order chi connectivity index (χ1) is 5.66. The lowest BCUT2D eigenvalue weighted by Crippen LogP contribution is -2.29. The zero-order valence-electron chi connectivity index (χ0n) is 8.55. The molecule has 0 aromatic rings. The van der Waals surface area contributed by atoms with Gasteiger partial charge in [0.1, 0.15) is 0 Å². The summed E-state index contributed by atoms with van der Waals surface area (Å²) in [5, 5.41) is 0. The number of unbranched alkanes of at least 4 members (excludes halogenated alkanes) is 2. The van der Waals surface area contributed by atoms with Gasteiger partial charge in [0.05, 0.1) is 0 Å². The van der Waals surface area contributed by atoms with Crippen molar-refractivity contribution in [2.45, 2.75) is 52.0 Å². The third-order valence-electron chi connectivity index (χ3n) is 2.16. The zero-order valence-corrected chi connectivity index (χ0v) is 8.55. The van der Waals surface area contributed by atoms with Crippen molar-refractivity contribution in [3.05, 3.63) is 0 Å². The maximum Gasteiger partial charge on any atom is 0.0163 e. The Hall–Kier alpha value is -0.0800. The van der Waals surface area contributed by atoms with Crippen LogP contribution in [-0.4, -0.2) is 12.6 Å². The van der Waals surface area contributed by atoms with Gasteiger partial charge in [0.25, 0.3) is 0 Å². The minimum Gasteiger partial charge on any atom is -0.329 e. The van der Waals surface area contributed by atoms with Crippen molar-refractivity contribution in [1.29, 1.82) is 0 Å². The number of nitrogens with two attached hydrogens (primary N) is 2. The summed E-state index contributed by atoms with van der Waals surface area (Å²) in [4.78, 5) is 0. The van der Waals surface area contributed by atoms with Crippen molar-refractivity contribution in [2.75, 3.05) is 6.54 Å². The van der Waals surface area contributed by atoms with E-state index in [2.05, 4.69) is 13.8 Å². The molecule has 0 heterocycles. The van der Waals surface area contributed by atoms with Crippen LogP contribution < -0.4 is 11.5 Å². The molecule has 2 heteroatoms. The molecule has 12 heavy (non-hydrogen) atoms. The van der Waals surface area contributed by atoms with Crippen LogP contribution in [0, 0.1) is 5.92 Å². The third-order valence-corrected chi connectivity index (χ3v) is 2.16. The summed E-state index contributed by atoms with van der Waals surface area (Å²) in [6, 6.07) is 0.226. The zero-order chi connectivity index (χ0) is 9.40. The highest BCUT2D eigenvalue weighted by Gasteiger charge is 1.99. The molecule has 0 saturated carbocycles. The third kappa shape index (κ3) is 8.02. The highest BCUT2D eigenvalue weighted by Crippen LogP contribution is 2.09. The second-order valence-corrected chi connectivity index (χ2v) is 4.03. The highest BCUT2D eigenvalue weighted by molar-refractivity contribution is 4.61. The summed E-state index contributed by atoms with van der Waals surface area (Å²) in [5.41, 5.74) is 11.1. The minimum absolute atomic E-state index is 0.226. The van der Waals surface area contributed by atoms with Crippen molar-refractivity contribution < 1.29 is 0 Å². The van der Waals surface area contributed by atoms with Gasteiger partial charge in [0.2, 0.25) is 0 Å². The van der Waals surface area contributed by atoms with E-state index in [9.17, 15) is 0 Å². The molecule has 0 radical (unpaired) electrons. The van der Waals surface area contributed by atoms with E-state index < -0.39 is 0 Å². The topological polar surface area (TPSA) is 52.0 Å². The van der Waals surface area contributed by atoms with Crippen molar-refractivity contribution in [3.63, 3.8) is 0 Å². The van der Waals surface area contributed by atoms with Gasteiger partial charge in [-0.1, -0.05) is 39.5 Å². The average molecular weight is 172 g/mol. The van der Waals surface area contributed by atoms with Crippen molar-refractivity contribution in [1.82, 2.24) is 0 Å². The summed E-state index contributed by atoms with van der Waals surface area (Å²) < 4.78 is 0. The highest BCUT2D eigenvalue weighted by atomic mass is 14.7. The molecule has 0 aliphatic rings. The van der Waals surface area contributed by atoms with Crippen LogP contribution in [0.2, 0.25) is 0 Å². The average Bonchev–Trinajstić information content (AvgIpc) is 2.03. The van der Waals surface area contributed by atoms with Crippen LogP contribution in [0.3, 0.4) is 0 Å². The summed E-state index contributed by atoms with van der Waals surface area (Å²) in [5.74, 6) is 0.841. The smallest absolute Gasteiger partial charge is 0.0163 e. The molecule has 0 amide bonds. The minimum atomic E-state index is 0.226. The molecule has 0 bridgehead atoms. The first kappa shape index (κ1) is 11.9. The van der Waals surface area contributed by atoms with Crippen LogP contribution in [0.25, 0.3) is 0 Å². The maximum absolute atomic E-state index is 5.69. The Morgan fingerprint density at radius 3 is 2.08 bits per heavy atom. The number of hydrogen-bond acceptors (Lipinski definition) is 2. The molecular formula is C10H24N2. The number of hydrogen-bond donors (Lipinski definition) is 2. The van der Waals surface area contributed by atoms with E-state index in [1.807, 2.05) is 0 Å². The Morgan fingerprint density at radius 2 is 1.58 bits per heavy atom. The SMILES string of the molecule is CC(C)CCCCCC(N)CN. The van der Waals surface area contributed by atoms with E-state index in [0.717, 1.165) is 12.3 Å². The molecule has 0 rings (SSSR count). The molecule has 0 saturated heterocycles. The Labute approximate surface area is 76.7 Å². The van der Waals surface area contributed by atoms with E-state index in [4.69, 9.17) is 11.5 Å². The molecule has 74 valence electrons. The quantitative estimate of drug-likeness (QED) is 0.576. The maximum atomic E-state index is 5.69. The summed E-state index contributed by atoms with van der Waals surface area (Å²) in [6.45, 7) is 5.17. The van der Waals surface area contributed by atoms with Crippen LogP contribution in [0.15, 0.2) is 0 Å². The van der Waals surface area contributed by atoms with Gasteiger partial charge in [0.15, 0.2) is 0 Å². The predicted molar refractivity (Wildman–Crippen MR) is 55.0 cm³/mol.